The maximum Gasteiger partial charge on any atom is 0.416 e. The van der Waals surface area contributed by atoms with Crippen molar-refractivity contribution >= 4 is 40.6 Å². The first-order chi connectivity index (χ1) is 17.7. The van der Waals surface area contributed by atoms with Crippen LogP contribution in [0.4, 0.5) is 29.6 Å². The van der Waals surface area contributed by atoms with Gasteiger partial charge < -0.3 is 9.64 Å². The summed E-state index contributed by atoms with van der Waals surface area (Å²) < 4.78 is 47.8. The highest BCUT2D eigenvalue weighted by Crippen LogP contribution is 2.45. The van der Waals surface area contributed by atoms with Gasteiger partial charge >= 0.3 is 12.3 Å². The number of aromatic nitrogens is 4. The molecule has 0 saturated heterocycles. The number of anilines is 2. The van der Waals surface area contributed by atoms with Gasteiger partial charge in [0.1, 0.15) is 22.9 Å². The molecule has 1 aliphatic rings. The lowest BCUT2D eigenvalue weighted by atomic mass is 9.87. The number of benzene rings is 2. The van der Waals surface area contributed by atoms with Gasteiger partial charge in [-0.05, 0) is 66.4 Å². The molecule has 3 aromatic rings. The molecule has 0 bridgehead atoms. The average molecular weight is 625 g/mol. The van der Waals surface area contributed by atoms with E-state index in [9.17, 15) is 23.2 Å². The summed E-state index contributed by atoms with van der Waals surface area (Å²) in [6.07, 6.45) is -4.35. The molecule has 2 heterocycles. The summed E-state index contributed by atoms with van der Waals surface area (Å²) in [4.78, 5) is 16.1. The number of carbonyl (C=O) groups is 1. The van der Waals surface area contributed by atoms with Gasteiger partial charge in [-0.15, -0.1) is 5.10 Å². The summed E-state index contributed by atoms with van der Waals surface area (Å²) in [6.45, 7) is 3.92. The number of carbonyl (C=O) groups excluding carboxylic acids is 1. The van der Waals surface area contributed by atoms with Gasteiger partial charge in [0.25, 0.3) is 5.95 Å². The van der Waals surface area contributed by atoms with Crippen molar-refractivity contribution in [3.8, 4) is 6.07 Å². The van der Waals surface area contributed by atoms with Crippen LogP contribution in [0.25, 0.3) is 0 Å². The lowest BCUT2D eigenvalue weighted by Gasteiger charge is -2.43. The summed E-state index contributed by atoms with van der Waals surface area (Å²) in [5.74, 6) is 0.213. The van der Waals surface area contributed by atoms with Crippen LogP contribution in [0.5, 0.6) is 0 Å². The highest BCUT2D eigenvalue weighted by Gasteiger charge is 2.41. The molecule has 4 rings (SSSR count). The number of alkyl halides is 3. The molecule has 2 atom stereocenters. The Morgan fingerprint density at radius 3 is 2.68 bits per heavy atom. The smallest absolute Gasteiger partial charge is 0.416 e. The molecule has 0 saturated carbocycles. The molecule has 0 aliphatic carbocycles. The zero-order valence-electron chi connectivity index (χ0n) is 20.0. The van der Waals surface area contributed by atoms with Crippen LogP contribution in [0, 0.1) is 11.3 Å². The van der Waals surface area contributed by atoms with Gasteiger partial charge in [0.2, 0.25) is 0 Å². The largest absolute Gasteiger partial charge is 0.449 e. The van der Waals surface area contributed by atoms with E-state index in [-0.39, 0.29) is 25.1 Å². The Bertz CT molecular complexity index is 1320. The standard InChI is InChI=1S/C24H23F3IN7O2/c1-3-18-12-21(19-11-17(24(25,26)27)8-9-20(19)34(18)23(36)37-4-2)33(22-30-32-35(28)31-22)14-16-7-5-6-15(10-16)13-29/h5-11,18,21H,3-4,12,14H2,1-2H3/t18-,21+/m1/s1. The van der Waals surface area contributed by atoms with Crippen LogP contribution in [-0.4, -0.2) is 37.2 Å². The molecule has 1 amide bonds. The quantitative estimate of drug-likeness (QED) is 0.327. The number of tetrazole rings is 1. The number of halogens is 4. The van der Waals surface area contributed by atoms with Crippen LogP contribution in [0.1, 0.15) is 55.0 Å². The van der Waals surface area contributed by atoms with Crippen LogP contribution < -0.4 is 9.80 Å². The molecule has 37 heavy (non-hydrogen) atoms. The second kappa shape index (κ2) is 10.9. The zero-order chi connectivity index (χ0) is 26.7. The number of nitriles is 1. The van der Waals surface area contributed by atoms with E-state index < -0.39 is 23.9 Å². The molecule has 0 N–H and O–H groups in total. The van der Waals surface area contributed by atoms with E-state index in [0.29, 0.717) is 29.7 Å². The summed E-state index contributed by atoms with van der Waals surface area (Å²) in [6, 6.07) is 11.4. The molecule has 194 valence electrons. The van der Waals surface area contributed by atoms with E-state index in [4.69, 9.17) is 4.74 Å². The third-order valence-electron chi connectivity index (χ3n) is 6.19. The highest BCUT2D eigenvalue weighted by atomic mass is 127. The molecular formula is C24H23F3IN7O2. The molecule has 1 aliphatic heterocycles. The van der Waals surface area contributed by atoms with Crippen molar-refractivity contribution in [1.82, 2.24) is 18.4 Å². The number of hydrogen-bond acceptors (Lipinski definition) is 7. The number of hydrogen-bond donors (Lipinski definition) is 0. The molecule has 0 fully saturated rings. The first-order valence-electron chi connectivity index (χ1n) is 11.5. The van der Waals surface area contributed by atoms with Crippen molar-refractivity contribution in [2.45, 2.75) is 51.5 Å². The summed E-state index contributed by atoms with van der Waals surface area (Å²) in [7, 11) is 0. The van der Waals surface area contributed by atoms with E-state index in [0.717, 1.165) is 17.7 Å². The summed E-state index contributed by atoms with van der Waals surface area (Å²) in [5, 5.41) is 21.7. The first-order valence-corrected chi connectivity index (χ1v) is 12.5. The van der Waals surface area contributed by atoms with Gasteiger partial charge in [0.15, 0.2) is 0 Å². The van der Waals surface area contributed by atoms with Crippen LogP contribution in [0.3, 0.4) is 0 Å². The van der Waals surface area contributed by atoms with Crippen molar-refractivity contribution in [2.24, 2.45) is 0 Å². The Balaban J connectivity index is 1.89. The van der Waals surface area contributed by atoms with Gasteiger partial charge in [0.05, 0.1) is 35.5 Å². The minimum absolute atomic E-state index is 0.134. The third kappa shape index (κ3) is 5.63. The number of nitrogens with zero attached hydrogens (tertiary/aromatic N) is 7. The van der Waals surface area contributed by atoms with Crippen LogP contribution >= 0.6 is 22.9 Å². The monoisotopic (exact) mass is 625 g/mol. The predicted octanol–water partition coefficient (Wildman–Crippen LogP) is 5.65. The van der Waals surface area contributed by atoms with Gasteiger partial charge in [-0.1, -0.05) is 27.2 Å². The number of amides is 1. The molecule has 13 heteroatoms. The normalized spacial score (nSPS) is 17.2. The molecule has 1 aromatic heterocycles. The molecule has 0 radical (unpaired) electrons. The SMILES string of the molecule is CCOC(=O)N1c2ccc(C(F)(F)F)cc2[C@@H](N(Cc2cccc(C#N)c2)c2nnn(I)n2)C[C@H]1CC. The van der Waals surface area contributed by atoms with Crippen LogP contribution in [0.15, 0.2) is 42.5 Å². The maximum absolute atomic E-state index is 13.8. The fourth-order valence-corrected chi connectivity index (χ4v) is 4.84. The fourth-order valence-electron chi connectivity index (χ4n) is 4.55. The lowest BCUT2D eigenvalue weighted by Crippen LogP contribution is -2.48. The van der Waals surface area contributed by atoms with Crippen molar-refractivity contribution in [1.29, 1.82) is 5.26 Å². The van der Waals surface area contributed by atoms with Gasteiger partial charge in [0, 0.05) is 12.6 Å². The minimum Gasteiger partial charge on any atom is -0.449 e. The summed E-state index contributed by atoms with van der Waals surface area (Å²) >= 11 is 1.84. The Morgan fingerprint density at radius 2 is 2.05 bits per heavy atom. The molecule has 0 spiro atoms. The maximum atomic E-state index is 13.8. The van der Waals surface area contributed by atoms with E-state index in [2.05, 4.69) is 21.5 Å². The van der Waals surface area contributed by atoms with Crippen molar-refractivity contribution in [2.75, 3.05) is 16.4 Å². The highest BCUT2D eigenvalue weighted by molar-refractivity contribution is 14.1. The first kappa shape index (κ1) is 26.6. The van der Waals surface area contributed by atoms with E-state index in [1.165, 1.54) is 14.0 Å². The second-order valence-corrected chi connectivity index (χ2v) is 9.29. The third-order valence-corrected chi connectivity index (χ3v) is 6.60. The predicted molar refractivity (Wildman–Crippen MR) is 137 cm³/mol. The van der Waals surface area contributed by atoms with Gasteiger partial charge in [-0.3, -0.25) is 4.90 Å². The number of ether oxygens (including phenoxy) is 1. The Kier molecular flexibility index (Phi) is 7.86. The number of fused-ring (bicyclic) bond motifs is 1. The van der Waals surface area contributed by atoms with E-state index in [1.54, 1.807) is 30.0 Å². The van der Waals surface area contributed by atoms with Gasteiger partial charge in [-0.25, -0.2) is 4.79 Å². The summed E-state index contributed by atoms with van der Waals surface area (Å²) in [5.41, 5.74) is 1.01. The van der Waals surface area contributed by atoms with Gasteiger partial charge in [-0.2, -0.15) is 18.4 Å². The zero-order valence-corrected chi connectivity index (χ0v) is 22.1. The van der Waals surface area contributed by atoms with Crippen LogP contribution in [0.2, 0.25) is 0 Å². The topological polar surface area (TPSA) is 100 Å². The molecule has 2 aromatic carbocycles. The Hall–Kier alpha value is -3.41. The van der Waals surface area contributed by atoms with E-state index in [1.807, 2.05) is 35.9 Å². The van der Waals surface area contributed by atoms with Crippen molar-refractivity contribution < 1.29 is 22.7 Å². The molecular weight excluding hydrogens is 602 g/mol. The molecule has 9 nitrogen and oxygen atoms in total. The number of rotatable bonds is 6. The Morgan fingerprint density at radius 1 is 1.27 bits per heavy atom. The molecule has 0 unspecified atom stereocenters. The Labute approximate surface area is 225 Å². The fraction of sp³-hybridized carbons (Fsp3) is 0.375. The van der Waals surface area contributed by atoms with Crippen LogP contribution in [-0.2, 0) is 17.5 Å². The van der Waals surface area contributed by atoms with E-state index >= 15 is 0 Å². The second-order valence-electron chi connectivity index (χ2n) is 8.42. The van der Waals surface area contributed by atoms with Crippen molar-refractivity contribution in [3.05, 3.63) is 64.7 Å². The minimum atomic E-state index is -4.58. The average Bonchev–Trinajstić information content (AvgIpc) is 3.31. The lowest BCUT2D eigenvalue weighted by molar-refractivity contribution is -0.137. The van der Waals surface area contributed by atoms with Crippen molar-refractivity contribution in [3.63, 3.8) is 0 Å².